The van der Waals surface area contributed by atoms with E-state index >= 15 is 0 Å². The van der Waals surface area contributed by atoms with Crippen molar-refractivity contribution in [2.24, 2.45) is 0 Å². The van der Waals surface area contributed by atoms with Crippen LogP contribution in [0.5, 0.6) is 0 Å². The van der Waals surface area contributed by atoms with E-state index in [0.717, 1.165) is 5.69 Å². The lowest BCUT2D eigenvalue weighted by molar-refractivity contribution is 0.187. The van der Waals surface area contributed by atoms with Crippen molar-refractivity contribution < 1.29 is 5.11 Å². The molecule has 4 heteroatoms. The second-order valence-corrected chi connectivity index (χ2v) is 3.54. The molecule has 0 fully saturated rings. The highest BCUT2D eigenvalue weighted by Crippen LogP contribution is 2.15. The summed E-state index contributed by atoms with van der Waals surface area (Å²) in [5.41, 5.74) is 1.23. The first kappa shape index (κ1) is 11.5. The summed E-state index contributed by atoms with van der Waals surface area (Å²) in [5, 5.41) is 18.0. The second kappa shape index (κ2) is 5.32. The maximum atomic E-state index is 9.17. The summed E-state index contributed by atoms with van der Waals surface area (Å²) in [6.45, 7) is 2.46. The Morgan fingerprint density at radius 3 is 3.00 bits per heavy atom. The van der Waals surface area contributed by atoms with E-state index in [4.69, 9.17) is 10.4 Å². The molecule has 1 aromatic heterocycles. The lowest BCUT2D eigenvalue weighted by Crippen LogP contribution is -2.22. The van der Waals surface area contributed by atoms with E-state index in [1.807, 2.05) is 24.1 Å². The van der Waals surface area contributed by atoms with Crippen LogP contribution in [-0.2, 0) is 0 Å². The Kier molecular flexibility index (Phi) is 4.07. The van der Waals surface area contributed by atoms with Gasteiger partial charge >= 0.3 is 0 Å². The van der Waals surface area contributed by atoms with Gasteiger partial charge in [-0.15, -0.1) is 0 Å². The summed E-state index contributed by atoms with van der Waals surface area (Å²) in [4.78, 5) is 5.91. The van der Waals surface area contributed by atoms with Crippen molar-refractivity contribution in [2.45, 2.75) is 19.4 Å². The van der Waals surface area contributed by atoms with Gasteiger partial charge in [-0.2, -0.15) is 5.26 Å². The fourth-order valence-electron chi connectivity index (χ4n) is 1.29. The first-order valence-electron chi connectivity index (χ1n) is 4.89. The minimum Gasteiger partial charge on any atom is -0.393 e. The Morgan fingerprint density at radius 1 is 1.67 bits per heavy atom. The van der Waals surface area contributed by atoms with Crippen molar-refractivity contribution in [3.05, 3.63) is 24.0 Å². The molecule has 4 nitrogen and oxygen atoms in total. The highest BCUT2D eigenvalue weighted by molar-refractivity contribution is 5.54. The van der Waals surface area contributed by atoms with Crippen LogP contribution in [0.2, 0.25) is 0 Å². The summed E-state index contributed by atoms with van der Waals surface area (Å²) in [6.07, 6.45) is 1.95. The number of aliphatic hydroxyl groups excluding tert-OH is 1. The van der Waals surface area contributed by atoms with Crippen LogP contribution in [0.1, 0.15) is 19.0 Å². The fourth-order valence-corrected chi connectivity index (χ4v) is 1.29. The molecule has 0 saturated heterocycles. The molecule has 0 spiro atoms. The molecule has 0 saturated carbocycles. The lowest BCUT2D eigenvalue weighted by Gasteiger charge is -2.20. The molecule has 1 N–H and O–H groups in total. The molecular weight excluding hydrogens is 190 g/mol. The van der Waals surface area contributed by atoms with E-state index < -0.39 is 0 Å². The van der Waals surface area contributed by atoms with Crippen LogP contribution < -0.4 is 4.90 Å². The molecule has 1 rings (SSSR count). The number of nitriles is 1. The van der Waals surface area contributed by atoms with Gasteiger partial charge in [0.15, 0.2) is 5.69 Å². The maximum absolute atomic E-state index is 9.17. The fraction of sp³-hybridized carbons (Fsp3) is 0.455. The van der Waals surface area contributed by atoms with Gasteiger partial charge in [0, 0.05) is 19.8 Å². The number of aliphatic hydroxyl groups is 1. The van der Waals surface area contributed by atoms with Gasteiger partial charge in [-0.05, 0) is 25.5 Å². The molecule has 0 aliphatic carbocycles. The average Bonchev–Trinajstić information content (AvgIpc) is 2.25. The first-order valence-corrected chi connectivity index (χ1v) is 4.89. The van der Waals surface area contributed by atoms with E-state index in [-0.39, 0.29) is 6.10 Å². The van der Waals surface area contributed by atoms with Crippen LogP contribution in [0, 0.1) is 11.3 Å². The molecule has 0 aliphatic heterocycles. The molecule has 0 bridgehead atoms. The summed E-state index contributed by atoms with van der Waals surface area (Å²) < 4.78 is 0. The van der Waals surface area contributed by atoms with Gasteiger partial charge in [0.05, 0.1) is 11.8 Å². The summed E-state index contributed by atoms with van der Waals surface area (Å²) in [7, 11) is 1.89. The number of rotatable bonds is 4. The van der Waals surface area contributed by atoms with E-state index in [0.29, 0.717) is 18.7 Å². The molecule has 0 aliphatic rings. The van der Waals surface area contributed by atoms with Crippen molar-refractivity contribution in [3.8, 4) is 6.07 Å². The molecule has 1 atom stereocenters. The van der Waals surface area contributed by atoms with E-state index in [9.17, 15) is 0 Å². The maximum Gasteiger partial charge on any atom is 0.163 e. The van der Waals surface area contributed by atoms with Crippen LogP contribution in [0.25, 0.3) is 0 Å². The van der Waals surface area contributed by atoms with Gasteiger partial charge in [-0.1, -0.05) is 0 Å². The van der Waals surface area contributed by atoms with Gasteiger partial charge < -0.3 is 10.0 Å². The highest BCUT2D eigenvalue weighted by atomic mass is 16.3. The zero-order valence-corrected chi connectivity index (χ0v) is 9.01. The number of hydrogen-bond donors (Lipinski definition) is 1. The lowest BCUT2D eigenvalue weighted by atomic mass is 10.2. The van der Waals surface area contributed by atoms with Gasteiger partial charge in [-0.25, -0.2) is 4.98 Å². The average molecular weight is 205 g/mol. The van der Waals surface area contributed by atoms with Gasteiger partial charge in [-0.3, -0.25) is 0 Å². The zero-order valence-electron chi connectivity index (χ0n) is 9.01. The molecular formula is C11H15N3O. The molecule has 1 heterocycles. The highest BCUT2D eigenvalue weighted by Gasteiger charge is 2.08. The molecule has 0 aromatic carbocycles. The van der Waals surface area contributed by atoms with Crippen LogP contribution in [0.3, 0.4) is 0 Å². The second-order valence-electron chi connectivity index (χ2n) is 3.54. The number of aromatic nitrogens is 1. The normalized spacial score (nSPS) is 11.9. The molecule has 0 radical (unpaired) electrons. The Bertz CT molecular complexity index is 357. The van der Waals surface area contributed by atoms with E-state index in [1.165, 1.54) is 0 Å². The first-order chi connectivity index (χ1) is 7.15. The summed E-state index contributed by atoms with van der Waals surface area (Å²) in [5.74, 6) is 0. The number of nitrogens with zero attached hydrogens (tertiary/aromatic N) is 3. The van der Waals surface area contributed by atoms with Gasteiger partial charge in [0.2, 0.25) is 0 Å². The van der Waals surface area contributed by atoms with Crippen LogP contribution in [0.4, 0.5) is 5.69 Å². The monoisotopic (exact) mass is 205 g/mol. The van der Waals surface area contributed by atoms with Crippen molar-refractivity contribution >= 4 is 5.69 Å². The molecule has 0 amide bonds. The van der Waals surface area contributed by atoms with Gasteiger partial charge in [0.1, 0.15) is 6.07 Å². The third-order valence-corrected chi connectivity index (χ3v) is 2.19. The standard InChI is InChI=1S/C11H15N3O/c1-9(15)5-7-14(2)11-4-3-6-13-10(11)8-12/h3-4,6,9,15H,5,7H2,1-2H3. The predicted octanol–water partition coefficient (Wildman–Crippen LogP) is 1.16. The third-order valence-electron chi connectivity index (χ3n) is 2.19. The molecule has 1 unspecified atom stereocenters. The number of anilines is 1. The van der Waals surface area contributed by atoms with Crippen molar-refractivity contribution in [1.29, 1.82) is 5.26 Å². The van der Waals surface area contributed by atoms with E-state index in [2.05, 4.69) is 4.98 Å². The third kappa shape index (κ3) is 3.22. The zero-order chi connectivity index (χ0) is 11.3. The minimum absolute atomic E-state index is 0.324. The van der Waals surface area contributed by atoms with Crippen molar-refractivity contribution in [2.75, 3.05) is 18.5 Å². The molecule has 80 valence electrons. The SMILES string of the molecule is CC(O)CCN(C)c1cccnc1C#N. The Labute approximate surface area is 89.8 Å². The minimum atomic E-state index is -0.324. The number of pyridine rings is 1. The van der Waals surface area contributed by atoms with Crippen LogP contribution >= 0.6 is 0 Å². The Morgan fingerprint density at radius 2 is 2.40 bits per heavy atom. The van der Waals surface area contributed by atoms with Crippen molar-refractivity contribution in [3.63, 3.8) is 0 Å². The van der Waals surface area contributed by atoms with Crippen LogP contribution in [0.15, 0.2) is 18.3 Å². The summed E-state index contributed by atoms with van der Waals surface area (Å²) >= 11 is 0. The van der Waals surface area contributed by atoms with Crippen LogP contribution in [-0.4, -0.2) is 29.8 Å². The Balaban J connectivity index is 2.73. The topological polar surface area (TPSA) is 60.1 Å². The van der Waals surface area contributed by atoms with Gasteiger partial charge in [0.25, 0.3) is 0 Å². The predicted molar refractivity (Wildman–Crippen MR) is 58.5 cm³/mol. The van der Waals surface area contributed by atoms with Crippen molar-refractivity contribution in [1.82, 2.24) is 4.98 Å². The molecule has 1 aromatic rings. The number of hydrogen-bond acceptors (Lipinski definition) is 4. The molecule has 15 heavy (non-hydrogen) atoms. The smallest absolute Gasteiger partial charge is 0.163 e. The summed E-state index contributed by atoms with van der Waals surface area (Å²) in [6, 6.07) is 5.70. The quantitative estimate of drug-likeness (QED) is 0.801. The Hall–Kier alpha value is -1.60. The largest absolute Gasteiger partial charge is 0.393 e. The van der Waals surface area contributed by atoms with E-state index in [1.54, 1.807) is 19.2 Å².